The third-order valence-corrected chi connectivity index (χ3v) is 4.12. The topological polar surface area (TPSA) is 160 Å². The maximum absolute atomic E-state index is 12.2. The van der Waals surface area contributed by atoms with Gasteiger partial charge in [0.1, 0.15) is 11.1 Å². The van der Waals surface area contributed by atoms with E-state index in [9.17, 15) is 29.6 Å². The van der Waals surface area contributed by atoms with Crippen LogP contribution in [-0.4, -0.2) is 31.7 Å². The zero-order valence-electron chi connectivity index (χ0n) is 15.5. The maximum atomic E-state index is 12.2. The van der Waals surface area contributed by atoms with Crippen LogP contribution < -0.4 is 16.7 Å². The Labute approximate surface area is 168 Å². The summed E-state index contributed by atoms with van der Waals surface area (Å²) in [5.41, 5.74) is 0.456. The largest absolute Gasteiger partial charge is 0.493 e. The zero-order chi connectivity index (χ0) is 21.8. The van der Waals surface area contributed by atoms with E-state index in [-0.39, 0.29) is 5.56 Å². The average molecular weight is 409 g/mol. The predicted octanol–water partition coefficient (Wildman–Crippen LogP) is 1.21. The van der Waals surface area contributed by atoms with E-state index >= 15 is 0 Å². The van der Waals surface area contributed by atoms with Crippen LogP contribution >= 0.6 is 0 Å². The molecule has 11 nitrogen and oxygen atoms in total. The van der Waals surface area contributed by atoms with Crippen LogP contribution in [0.25, 0.3) is 5.69 Å². The number of aryl methyl sites for hydroxylation is 1. The van der Waals surface area contributed by atoms with Crippen LogP contribution in [-0.2, 0) is 0 Å². The minimum atomic E-state index is -0.926. The normalized spacial score (nSPS) is 10.8. The van der Waals surface area contributed by atoms with Crippen LogP contribution in [0.5, 0.6) is 5.88 Å². The number of nitrogens with zero attached hydrogens (tertiary/aromatic N) is 3. The first-order chi connectivity index (χ1) is 14.3. The van der Waals surface area contributed by atoms with Gasteiger partial charge in [-0.1, -0.05) is 29.8 Å². The molecule has 3 aromatic rings. The van der Waals surface area contributed by atoms with Crippen molar-refractivity contribution >= 4 is 17.8 Å². The monoisotopic (exact) mass is 409 g/mol. The highest BCUT2D eigenvalue weighted by Crippen LogP contribution is 2.18. The van der Waals surface area contributed by atoms with Crippen molar-refractivity contribution in [2.24, 2.45) is 5.10 Å². The lowest BCUT2D eigenvalue weighted by molar-refractivity contribution is -0.385. The van der Waals surface area contributed by atoms with Crippen LogP contribution in [0.1, 0.15) is 21.5 Å². The number of aromatic nitrogens is 2. The van der Waals surface area contributed by atoms with Crippen LogP contribution in [0.2, 0.25) is 0 Å². The first-order valence-corrected chi connectivity index (χ1v) is 8.51. The molecule has 3 rings (SSSR count). The smallest absolute Gasteiger partial charge is 0.335 e. The number of nitro groups is 1. The molecule has 0 aliphatic heterocycles. The van der Waals surface area contributed by atoms with Gasteiger partial charge in [0.2, 0.25) is 5.88 Å². The molecule has 0 saturated carbocycles. The summed E-state index contributed by atoms with van der Waals surface area (Å²) in [4.78, 5) is 48.7. The fraction of sp³-hybridized carbons (Fsp3) is 0.0526. The molecule has 0 bridgehead atoms. The molecule has 152 valence electrons. The van der Waals surface area contributed by atoms with Gasteiger partial charge in [0.05, 0.1) is 16.8 Å². The minimum Gasteiger partial charge on any atom is -0.493 e. The van der Waals surface area contributed by atoms with Gasteiger partial charge in [0.15, 0.2) is 0 Å². The number of amides is 1. The number of benzene rings is 2. The molecule has 2 aromatic carbocycles. The van der Waals surface area contributed by atoms with Gasteiger partial charge in [-0.2, -0.15) is 5.10 Å². The van der Waals surface area contributed by atoms with Crippen LogP contribution in [0.15, 0.2) is 63.2 Å². The lowest BCUT2D eigenvalue weighted by Crippen LogP contribution is -2.31. The molecule has 11 heteroatoms. The van der Waals surface area contributed by atoms with Gasteiger partial charge in [0.25, 0.3) is 17.2 Å². The fourth-order valence-corrected chi connectivity index (χ4v) is 2.63. The van der Waals surface area contributed by atoms with E-state index in [0.29, 0.717) is 5.69 Å². The summed E-state index contributed by atoms with van der Waals surface area (Å²) in [6, 6.07) is 11.8. The second-order valence-corrected chi connectivity index (χ2v) is 6.14. The van der Waals surface area contributed by atoms with Crippen molar-refractivity contribution in [1.82, 2.24) is 15.0 Å². The van der Waals surface area contributed by atoms with E-state index in [4.69, 9.17) is 0 Å². The minimum absolute atomic E-state index is 0.234. The molecule has 0 aliphatic carbocycles. The summed E-state index contributed by atoms with van der Waals surface area (Å²) in [6.07, 6.45) is 0.838. The maximum Gasteiger partial charge on any atom is 0.335 e. The van der Waals surface area contributed by atoms with Gasteiger partial charge in [-0.25, -0.2) is 14.8 Å². The van der Waals surface area contributed by atoms with E-state index in [0.717, 1.165) is 22.4 Å². The Kier molecular flexibility index (Phi) is 5.54. The molecular weight excluding hydrogens is 394 g/mol. The molecule has 30 heavy (non-hydrogen) atoms. The lowest BCUT2D eigenvalue weighted by Gasteiger charge is -2.09. The number of rotatable bonds is 5. The second-order valence-electron chi connectivity index (χ2n) is 6.14. The number of nitrogens with one attached hydrogen (secondary N) is 2. The fourth-order valence-electron chi connectivity index (χ4n) is 2.63. The number of carbonyl (C=O) groups is 1. The van der Waals surface area contributed by atoms with Crippen molar-refractivity contribution in [2.45, 2.75) is 6.92 Å². The SMILES string of the molecule is Cc1ccc(-n2c(O)c(C=NNC(=O)c3ccccc3[N+](=O)[O-])c(=O)[nH]c2=O)cc1. The molecule has 0 aliphatic rings. The predicted molar refractivity (Wildman–Crippen MR) is 107 cm³/mol. The van der Waals surface area contributed by atoms with Gasteiger partial charge >= 0.3 is 5.69 Å². The third kappa shape index (κ3) is 3.99. The van der Waals surface area contributed by atoms with Crippen molar-refractivity contribution in [1.29, 1.82) is 0 Å². The number of aromatic amines is 1. The van der Waals surface area contributed by atoms with Gasteiger partial charge in [-0.05, 0) is 25.1 Å². The standard InChI is InChI=1S/C19H15N5O6/c1-11-6-8-12(9-7-11)23-18(27)14(16(25)21-19(23)28)10-20-22-17(26)13-4-2-3-5-15(13)24(29)30/h2-10,27H,1H3,(H,22,26)(H,21,25,28). The summed E-state index contributed by atoms with van der Waals surface area (Å²) in [5.74, 6) is -1.57. The Morgan fingerprint density at radius 3 is 2.53 bits per heavy atom. The molecule has 0 fully saturated rings. The zero-order valence-corrected chi connectivity index (χ0v) is 15.5. The molecule has 1 amide bonds. The molecule has 3 N–H and O–H groups in total. The number of carbonyl (C=O) groups excluding carboxylic acids is 1. The van der Waals surface area contributed by atoms with Crippen molar-refractivity contribution in [3.05, 3.63) is 96.2 Å². The first-order valence-electron chi connectivity index (χ1n) is 8.51. The van der Waals surface area contributed by atoms with Crippen LogP contribution in [0.4, 0.5) is 5.69 Å². The molecule has 0 saturated heterocycles. The highest BCUT2D eigenvalue weighted by atomic mass is 16.6. The van der Waals surface area contributed by atoms with Crippen molar-refractivity contribution in [3.8, 4) is 11.6 Å². The Balaban J connectivity index is 1.93. The number of H-pyrrole nitrogens is 1. The number of hydrogen-bond acceptors (Lipinski definition) is 7. The molecular formula is C19H15N5O6. The molecule has 0 spiro atoms. The van der Waals surface area contributed by atoms with Crippen LogP contribution in [0.3, 0.4) is 0 Å². The molecule has 0 radical (unpaired) electrons. The van der Waals surface area contributed by atoms with E-state index in [2.05, 4.69) is 15.5 Å². The molecule has 1 heterocycles. The number of hydrogen-bond donors (Lipinski definition) is 3. The summed E-state index contributed by atoms with van der Waals surface area (Å²) in [6.45, 7) is 1.84. The Morgan fingerprint density at radius 2 is 1.87 bits per heavy atom. The number of aromatic hydroxyl groups is 1. The Bertz CT molecular complexity index is 1270. The highest BCUT2D eigenvalue weighted by molar-refractivity contribution is 5.98. The first kappa shape index (κ1) is 20.2. The van der Waals surface area contributed by atoms with Crippen LogP contribution in [0, 0.1) is 17.0 Å². The van der Waals surface area contributed by atoms with Crippen molar-refractivity contribution < 1.29 is 14.8 Å². The van der Waals surface area contributed by atoms with E-state index in [1.807, 2.05) is 6.92 Å². The van der Waals surface area contributed by atoms with Crippen molar-refractivity contribution in [2.75, 3.05) is 0 Å². The van der Waals surface area contributed by atoms with E-state index < -0.39 is 39.2 Å². The summed E-state index contributed by atoms with van der Waals surface area (Å²) < 4.78 is 0.867. The third-order valence-electron chi connectivity index (χ3n) is 4.12. The lowest BCUT2D eigenvalue weighted by atomic mass is 10.2. The van der Waals surface area contributed by atoms with Gasteiger partial charge in [-0.15, -0.1) is 0 Å². The Morgan fingerprint density at radius 1 is 1.20 bits per heavy atom. The molecule has 1 aromatic heterocycles. The average Bonchev–Trinajstić information content (AvgIpc) is 2.71. The van der Waals surface area contributed by atoms with Gasteiger partial charge in [-0.3, -0.25) is 24.7 Å². The van der Waals surface area contributed by atoms with E-state index in [1.54, 1.807) is 24.3 Å². The van der Waals surface area contributed by atoms with Crippen molar-refractivity contribution in [3.63, 3.8) is 0 Å². The summed E-state index contributed by atoms with van der Waals surface area (Å²) in [7, 11) is 0. The van der Waals surface area contributed by atoms with Gasteiger partial charge in [0, 0.05) is 6.07 Å². The number of hydrazone groups is 1. The summed E-state index contributed by atoms with van der Waals surface area (Å²) >= 11 is 0. The number of nitro benzene ring substituents is 1. The summed E-state index contributed by atoms with van der Waals surface area (Å²) in [5, 5.41) is 25.0. The number of para-hydroxylation sites is 1. The molecule has 0 atom stereocenters. The highest BCUT2D eigenvalue weighted by Gasteiger charge is 2.19. The quantitative estimate of drug-likeness (QED) is 0.326. The van der Waals surface area contributed by atoms with Gasteiger partial charge < -0.3 is 5.11 Å². The molecule has 0 unspecified atom stereocenters. The Hall–Kier alpha value is -4.54. The second kappa shape index (κ2) is 8.22. The van der Waals surface area contributed by atoms with E-state index in [1.165, 1.54) is 18.2 Å².